The van der Waals surface area contributed by atoms with Gasteiger partial charge in [-0.05, 0) is 46.0 Å². The van der Waals surface area contributed by atoms with Crippen LogP contribution in [0.2, 0.25) is 0 Å². The zero-order chi connectivity index (χ0) is 15.8. The molecular weight excluding hydrogens is 278 g/mol. The molecule has 0 aromatic carbocycles. The number of hydrogen-bond donors (Lipinski definition) is 2. The SMILES string of the molecule is CN(C)CCCNC(=O)c1ccnc(NC2CCCCC2)n1. The molecule has 0 spiro atoms. The van der Waals surface area contributed by atoms with Crippen LogP contribution < -0.4 is 10.6 Å². The summed E-state index contributed by atoms with van der Waals surface area (Å²) >= 11 is 0. The Morgan fingerprint density at radius 2 is 2.09 bits per heavy atom. The Labute approximate surface area is 132 Å². The second-order valence-electron chi connectivity index (χ2n) is 6.16. The molecule has 122 valence electrons. The van der Waals surface area contributed by atoms with Crippen molar-refractivity contribution in [3.05, 3.63) is 18.0 Å². The maximum Gasteiger partial charge on any atom is 0.270 e. The lowest BCUT2D eigenvalue weighted by Gasteiger charge is -2.22. The number of nitrogens with one attached hydrogen (secondary N) is 2. The molecule has 1 aliphatic carbocycles. The van der Waals surface area contributed by atoms with Crippen LogP contribution in [0.3, 0.4) is 0 Å². The summed E-state index contributed by atoms with van der Waals surface area (Å²) in [5.74, 6) is 0.431. The van der Waals surface area contributed by atoms with E-state index >= 15 is 0 Å². The molecule has 0 saturated heterocycles. The Bertz CT molecular complexity index is 471. The Morgan fingerprint density at radius 3 is 2.82 bits per heavy atom. The number of anilines is 1. The zero-order valence-corrected chi connectivity index (χ0v) is 13.6. The van der Waals surface area contributed by atoms with Crippen molar-refractivity contribution in [2.75, 3.05) is 32.5 Å². The average Bonchev–Trinajstić information content (AvgIpc) is 2.52. The highest BCUT2D eigenvalue weighted by Gasteiger charge is 2.15. The standard InChI is InChI=1S/C16H27N5O/c1-21(2)12-6-10-17-15(22)14-9-11-18-16(20-14)19-13-7-4-3-5-8-13/h9,11,13H,3-8,10,12H2,1-2H3,(H,17,22)(H,18,19,20). The quantitative estimate of drug-likeness (QED) is 0.753. The van der Waals surface area contributed by atoms with E-state index in [1.165, 1.54) is 19.3 Å². The third-order valence-electron chi connectivity index (χ3n) is 3.89. The van der Waals surface area contributed by atoms with Crippen LogP contribution >= 0.6 is 0 Å². The van der Waals surface area contributed by atoms with E-state index in [0.717, 1.165) is 25.8 Å². The first-order valence-electron chi connectivity index (χ1n) is 8.17. The van der Waals surface area contributed by atoms with Gasteiger partial charge in [-0.15, -0.1) is 0 Å². The minimum Gasteiger partial charge on any atom is -0.351 e. The van der Waals surface area contributed by atoms with E-state index in [2.05, 4.69) is 25.5 Å². The van der Waals surface area contributed by atoms with Crippen LogP contribution in [0.15, 0.2) is 12.3 Å². The molecule has 6 heteroatoms. The molecule has 2 N–H and O–H groups in total. The molecule has 1 aliphatic rings. The van der Waals surface area contributed by atoms with Gasteiger partial charge in [0.1, 0.15) is 5.69 Å². The van der Waals surface area contributed by atoms with Crippen molar-refractivity contribution in [2.45, 2.75) is 44.6 Å². The van der Waals surface area contributed by atoms with Gasteiger partial charge in [-0.2, -0.15) is 0 Å². The number of rotatable bonds is 7. The van der Waals surface area contributed by atoms with Gasteiger partial charge in [0, 0.05) is 18.8 Å². The van der Waals surface area contributed by atoms with Crippen molar-refractivity contribution in [2.24, 2.45) is 0 Å². The first-order valence-corrected chi connectivity index (χ1v) is 8.17. The van der Waals surface area contributed by atoms with Crippen LogP contribution in [0.25, 0.3) is 0 Å². The smallest absolute Gasteiger partial charge is 0.270 e. The van der Waals surface area contributed by atoms with Crippen LogP contribution in [-0.2, 0) is 0 Å². The Hall–Kier alpha value is -1.69. The van der Waals surface area contributed by atoms with E-state index in [4.69, 9.17) is 0 Å². The molecule has 1 saturated carbocycles. The maximum absolute atomic E-state index is 12.1. The molecule has 0 radical (unpaired) electrons. The predicted molar refractivity (Wildman–Crippen MR) is 88.0 cm³/mol. The molecule has 0 atom stereocenters. The number of carbonyl (C=O) groups excluding carboxylic acids is 1. The Kier molecular flexibility index (Phi) is 6.58. The molecule has 0 unspecified atom stereocenters. The zero-order valence-electron chi connectivity index (χ0n) is 13.6. The monoisotopic (exact) mass is 305 g/mol. The Balaban J connectivity index is 1.83. The lowest BCUT2D eigenvalue weighted by atomic mass is 9.96. The molecule has 2 rings (SSSR count). The highest BCUT2D eigenvalue weighted by molar-refractivity contribution is 5.92. The Morgan fingerprint density at radius 1 is 1.32 bits per heavy atom. The molecule has 1 fully saturated rings. The summed E-state index contributed by atoms with van der Waals surface area (Å²) in [7, 11) is 4.05. The number of nitrogens with zero attached hydrogens (tertiary/aromatic N) is 3. The van der Waals surface area contributed by atoms with Crippen molar-refractivity contribution in [1.29, 1.82) is 0 Å². The molecule has 1 aromatic heterocycles. The van der Waals surface area contributed by atoms with E-state index < -0.39 is 0 Å². The molecule has 1 heterocycles. The van der Waals surface area contributed by atoms with Gasteiger partial charge in [-0.1, -0.05) is 19.3 Å². The van der Waals surface area contributed by atoms with Gasteiger partial charge in [0.15, 0.2) is 0 Å². The maximum atomic E-state index is 12.1. The second kappa shape index (κ2) is 8.68. The lowest BCUT2D eigenvalue weighted by Crippen LogP contribution is -2.28. The number of aromatic nitrogens is 2. The third kappa shape index (κ3) is 5.60. The predicted octanol–water partition coefficient (Wildman–Crippen LogP) is 1.90. The largest absolute Gasteiger partial charge is 0.351 e. The van der Waals surface area contributed by atoms with Crippen LogP contribution in [0, 0.1) is 0 Å². The summed E-state index contributed by atoms with van der Waals surface area (Å²) < 4.78 is 0. The highest BCUT2D eigenvalue weighted by Crippen LogP contribution is 2.20. The van der Waals surface area contributed by atoms with Crippen molar-refractivity contribution in [3.8, 4) is 0 Å². The second-order valence-corrected chi connectivity index (χ2v) is 6.16. The number of hydrogen-bond acceptors (Lipinski definition) is 5. The van der Waals surface area contributed by atoms with E-state index in [1.54, 1.807) is 12.3 Å². The number of carbonyl (C=O) groups is 1. The van der Waals surface area contributed by atoms with Crippen LogP contribution in [-0.4, -0.2) is 54.0 Å². The van der Waals surface area contributed by atoms with Gasteiger partial charge >= 0.3 is 0 Å². The molecule has 0 aliphatic heterocycles. The van der Waals surface area contributed by atoms with Crippen molar-refractivity contribution in [3.63, 3.8) is 0 Å². The first-order chi connectivity index (χ1) is 10.6. The van der Waals surface area contributed by atoms with E-state index in [-0.39, 0.29) is 5.91 Å². The summed E-state index contributed by atoms with van der Waals surface area (Å²) in [6, 6.07) is 2.10. The van der Waals surface area contributed by atoms with Gasteiger partial charge in [0.25, 0.3) is 5.91 Å². The molecule has 1 aromatic rings. The average molecular weight is 305 g/mol. The van der Waals surface area contributed by atoms with E-state index in [1.807, 2.05) is 14.1 Å². The van der Waals surface area contributed by atoms with Gasteiger partial charge in [-0.3, -0.25) is 4.79 Å². The van der Waals surface area contributed by atoms with Gasteiger partial charge in [0.2, 0.25) is 5.95 Å². The van der Waals surface area contributed by atoms with Crippen LogP contribution in [0.4, 0.5) is 5.95 Å². The fourth-order valence-corrected chi connectivity index (χ4v) is 2.67. The lowest BCUT2D eigenvalue weighted by molar-refractivity contribution is 0.0947. The van der Waals surface area contributed by atoms with Crippen molar-refractivity contribution in [1.82, 2.24) is 20.2 Å². The molecule has 22 heavy (non-hydrogen) atoms. The fourth-order valence-electron chi connectivity index (χ4n) is 2.67. The van der Waals surface area contributed by atoms with Gasteiger partial charge in [0.05, 0.1) is 0 Å². The summed E-state index contributed by atoms with van der Waals surface area (Å²) in [5.41, 5.74) is 0.429. The van der Waals surface area contributed by atoms with Crippen LogP contribution in [0.1, 0.15) is 49.0 Å². The molecule has 0 bridgehead atoms. The van der Waals surface area contributed by atoms with Gasteiger partial charge < -0.3 is 15.5 Å². The van der Waals surface area contributed by atoms with Crippen LogP contribution in [0.5, 0.6) is 0 Å². The fraction of sp³-hybridized carbons (Fsp3) is 0.688. The van der Waals surface area contributed by atoms with E-state index in [9.17, 15) is 4.79 Å². The molecule has 1 amide bonds. The van der Waals surface area contributed by atoms with Gasteiger partial charge in [-0.25, -0.2) is 9.97 Å². The topological polar surface area (TPSA) is 70.2 Å². The minimum atomic E-state index is -0.132. The summed E-state index contributed by atoms with van der Waals surface area (Å²) in [4.78, 5) is 22.8. The summed E-state index contributed by atoms with van der Waals surface area (Å²) in [5, 5.41) is 6.25. The highest BCUT2D eigenvalue weighted by atomic mass is 16.1. The first kappa shape index (κ1) is 16.7. The summed E-state index contributed by atoms with van der Waals surface area (Å²) in [6.07, 6.45) is 8.71. The third-order valence-corrected chi connectivity index (χ3v) is 3.89. The van der Waals surface area contributed by atoms with Crippen molar-refractivity contribution >= 4 is 11.9 Å². The summed E-state index contributed by atoms with van der Waals surface area (Å²) in [6.45, 7) is 1.62. The molecule has 6 nitrogen and oxygen atoms in total. The minimum absolute atomic E-state index is 0.132. The number of amides is 1. The van der Waals surface area contributed by atoms with E-state index in [0.29, 0.717) is 24.2 Å². The molecular formula is C16H27N5O. The van der Waals surface area contributed by atoms with Crippen molar-refractivity contribution < 1.29 is 4.79 Å². The normalized spacial score (nSPS) is 15.8.